The van der Waals surface area contributed by atoms with Crippen LogP contribution in [0.1, 0.15) is 62.3 Å². The number of imide groups is 1. The highest BCUT2D eigenvalue weighted by atomic mass is 19.1. The van der Waals surface area contributed by atoms with E-state index in [1.165, 1.54) is 4.90 Å². The maximum atomic E-state index is 13.6. The van der Waals surface area contributed by atoms with E-state index in [4.69, 9.17) is 9.84 Å². The molecular weight excluding hydrogens is 363 g/mol. The Kier molecular flexibility index (Phi) is 4.34. The summed E-state index contributed by atoms with van der Waals surface area (Å²) in [6.45, 7) is 9.15. The first-order valence-electron chi connectivity index (χ1n) is 9.96. The van der Waals surface area contributed by atoms with Gasteiger partial charge in [0.05, 0.1) is 17.0 Å². The van der Waals surface area contributed by atoms with Crippen molar-refractivity contribution in [1.29, 1.82) is 0 Å². The summed E-state index contributed by atoms with van der Waals surface area (Å²) in [5, 5.41) is 4.73. The van der Waals surface area contributed by atoms with Crippen LogP contribution in [0.15, 0.2) is 0 Å². The number of carbonyl (C=O) groups is 2. The minimum absolute atomic E-state index is 0.118. The van der Waals surface area contributed by atoms with Gasteiger partial charge in [0.15, 0.2) is 0 Å². The average Bonchev–Trinajstić information content (AvgIpc) is 2.73. The van der Waals surface area contributed by atoms with Crippen LogP contribution in [0.4, 0.5) is 9.18 Å². The highest BCUT2D eigenvalue weighted by molar-refractivity contribution is 6.05. The van der Waals surface area contributed by atoms with Crippen LogP contribution in [0.5, 0.6) is 0 Å². The number of aromatic nitrogens is 2. The van der Waals surface area contributed by atoms with E-state index in [2.05, 4.69) is 4.90 Å². The zero-order valence-corrected chi connectivity index (χ0v) is 17.3. The van der Waals surface area contributed by atoms with E-state index >= 15 is 0 Å². The van der Waals surface area contributed by atoms with Crippen molar-refractivity contribution in [3.8, 4) is 0 Å². The van der Waals surface area contributed by atoms with Crippen LogP contribution in [0.25, 0.3) is 0 Å². The van der Waals surface area contributed by atoms with E-state index < -0.39 is 17.9 Å². The Labute approximate surface area is 164 Å². The Morgan fingerprint density at radius 3 is 2.57 bits per heavy atom. The smallest absolute Gasteiger partial charge is 0.417 e. The third kappa shape index (κ3) is 3.21. The number of rotatable bonds is 0. The van der Waals surface area contributed by atoms with Crippen molar-refractivity contribution in [2.75, 3.05) is 13.6 Å². The number of carbonyl (C=O) groups excluding carboxylic acids is 2. The fourth-order valence-corrected chi connectivity index (χ4v) is 4.89. The summed E-state index contributed by atoms with van der Waals surface area (Å²) in [6.07, 6.45) is 0.214. The van der Waals surface area contributed by atoms with Crippen molar-refractivity contribution in [3.63, 3.8) is 0 Å². The maximum absolute atomic E-state index is 13.6. The largest absolute Gasteiger partial charge is 0.443 e. The van der Waals surface area contributed by atoms with Gasteiger partial charge in [-0.25, -0.2) is 14.1 Å². The van der Waals surface area contributed by atoms with Crippen LogP contribution in [0.2, 0.25) is 0 Å². The summed E-state index contributed by atoms with van der Waals surface area (Å²) >= 11 is 0. The van der Waals surface area contributed by atoms with Crippen LogP contribution >= 0.6 is 0 Å². The molecule has 1 aromatic heterocycles. The van der Waals surface area contributed by atoms with Crippen LogP contribution in [-0.4, -0.2) is 63.0 Å². The number of alkyl halides is 1. The number of halogens is 1. The normalized spacial score (nSPS) is 30.5. The van der Waals surface area contributed by atoms with Gasteiger partial charge in [-0.05, 0) is 47.6 Å². The van der Waals surface area contributed by atoms with E-state index in [1.807, 2.05) is 18.7 Å². The Morgan fingerprint density at radius 2 is 1.96 bits per heavy atom. The molecule has 28 heavy (non-hydrogen) atoms. The Bertz CT molecular complexity index is 822. The number of fused-ring (bicyclic) bond motifs is 3. The summed E-state index contributed by atoms with van der Waals surface area (Å²) in [6, 6.07) is -0.320. The topological polar surface area (TPSA) is 67.7 Å². The summed E-state index contributed by atoms with van der Waals surface area (Å²) in [7, 11) is 1.99. The highest BCUT2D eigenvalue weighted by Gasteiger charge is 2.49. The minimum atomic E-state index is -0.746. The standard InChI is InChI=1S/C20H29FN4O3/c1-12-6-14-16(17(26)25(12)18(27)28-19(2,3)4)15-9-23(5)10-20(7-13(21)8-20)11-24(15)22-14/h12-13H,6-11H2,1-5H3/t12-,13?,20?/m1/s1. The van der Waals surface area contributed by atoms with Gasteiger partial charge in [-0.3, -0.25) is 14.4 Å². The van der Waals surface area contributed by atoms with Crippen molar-refractivity contribution >= 4 is 12.0 Å². The Hall–Kier alpha value is -1.96. The van der Waals surface area contributed by atoms with Gasteiger partial charge in [0.2, 0.25) is 0 Å². The Balaban J connectivity index is 1.68. The van der Waals surface area contributed by atoms with Crippen LogP contribution in [-0.2, 0) is 24.2 Å². The van der Waals surface area contributed by atoms with Gasteiger partial charge < -0.3 is 4.74 Å². The molecule has 0 aromatic carbocycles. The van der Waals surface area contributed by atoms with Crippen LogP contribution < -0.4 is 0 Å². The van der Waals surface area contributed by atoms with Crippen molar-refractivity contribution in [2.45, 2.75) is 77.9 Å². The van der Waals surface area contributed by atoms with Crippen molar-refractivity contribution in [2.24, 2.45) is 5.41 Å². The van der Waals surface area contributed by atoms with Crippen molar-refractivity contribution in [3.05, 3.63) is 17.0 Å². The molecule has 0 radical (unpaired) electrons. The lowest BCUT2D eigenvalue weighted by molar-refractivity contribution is -0.0103. The lowest BCUT2D eigenvalue weighted by Crippen LogP contribution is -2.50. The number of hydrogen-bond donors (Lipinski definition) is 0. The second-order valence-electron chi connectivity index (χ2n) is 9.81. The second-order valence-corrected chi connectivity index (χ2v) is 9.81. The summed E-state index contributed by atoms with van der Waals surface area (Å²) < 4.78 is 21.0. The monoisotopic (exact) mass is 392 g/mol. The first kappa shape index (κ1) is 19.4. The van der Waals surface area contributed by atoms with E-state index in [1.54, 1.807) is 20.8 Å². The van der Waals surface area contributed by atoms with E-state index in [-0.39, 0.29) is 17.4 Å². The highest BCUT2D eigenvalue weighted by Crippen LogP contribution is 2.47. The molecule has 1 saturated carbocycles. The molecule has 0 N–H and O–H groups in total. The molecule has 3 aliphatic rings. The Morgan fingerprint density at radius 1 is 1.29 bits per heavy atom. The molecule has 0 saturated heterocycles. The number of hydrogen-bond acceptors (Lipinski definition) is 5. The molecule has 1 spiro atoms. The molecule has 4 rings (SSSR count). The number of amides is 2. The minimum Gasteiger partial charge on any atom is -0.443 e. The number of nitrogens with zero attached hydrogens (tertiary/aromatic N) is 4. The predicted octanol–water partition coefficient (Wildman–Crippen LogP) is 2.77. The predicted molar refractivity (Wildman–Crippen MR) is 101 cm³/mol. The maximum Gasteiger partial charge on any atom is 0.417 e. The molecule has 8 heteroatoms. The fraction of sp³-hybridized carbons (Fsp3) is 0.750. The molecule has 0 bridgehead atoms. The van der Waals surface area contributed by atoms with Gasteiger partial charge >= 0.3 is 6.09 Å². The SMILES string of the molecule is C[C@@H]1Cc2nn3c(c2C(=O)N1C(=O)OC(C)(C)C)CN(C)CC1(CC(F)C1)C3. The summed E-state index contributed by atoms with van der Waals surface area (Å²) in [5.74, 6) is -0.342. The molecule has 7 nitrogen and oxygen atoms in total. The zero-order chi connectivity index (χ0) is 20.4. The van der Waals surface area contributed by atoms with Crippen molar-refractivity contribution in [1.82, 2.24) is 19.6 Å². The molecule has 1 atom stereocenters. The first-order valence-corrected chi connectivity index (χ1v) is 9.96. The molecule has 2 aliphatic heterocycles. The average molecular weight is 392 g/mol. The lowest BCUT2D eigenvalue weighted by atomic mass is 9.67. The summed E-state index contributed by atoms with van der Waals surface area (Å²) in [5.41, 5.74) is 1.28. The summed E-state index contributed by atoms with van der Waals surface area (Å²) in [4.78, 5) is 29.3. The number of ether oxygens (including phenoxy) is 1. The lowest BCUT2D eigenvalue weighted by Gasteiger charge is -2.45. The molecule has 2 amide bonds. The molecule has 154 valence electrons. The molecule has 3 heterocycles. The van der Waals surface area contributed by atoms with Gasteiger partial charge in [0.1, 0.15) is 11.8 Å². The van der Waals surface area contributed by atoms with E-state index in [0.717, 1.165) is 17.9 Å². The van der Waals surface area contributed by atoms with Gasteiger partial charge in [-0.15, -0.1) is 0 Å². The molecule has 0 unspecified atom stereocenters. The van der Waals surface area contributed by atoms with E-state index in [0.29, 0.717) is 37.9 Å². The first-order chi connectivity index (χ1) is 13.0. The van der Waals surface area contributed by atoms with Crippen LogP contribution in [0.3, 0.4) is 0 Å². The molecule has 1 aliphatic carbocycles. The molecule has 1 aromatic rings. The third-order valence-corrected chi connectivity index (χ3v) is 5.90. The van der Waals surface area contributed by atoms with Gasteiger partial charge in [0, 0.05) is 37.5 Å². The molecular formula is C20H29FN4O3. The van der Waals surface area contributed by atoms with Crippen LogP contribution in [0, 0.1) is 5.41 Å². The zero-order valence-electron chi connectivity index (χ0n) is 17.3. The van der Waals surface area contributed by atoms with Gasteiger partial charge in [0.25, 0.3) is 5.91 Å². The fourth-order valence-electron chi connectivity index (χ4n) is 4.89. The van der Waals surface area contributed by atoms with E-state index in [9.17, 15) is 14.0 Å². The van der Waals surface area contributed by atoms with Gasteiger partial charge in [-0.2, -0.15) is 5.10 Å². The molecule has 1 fully saturated rings. The third-order valence-electron chi connectivity index (χ3n) is 5.90. The van der Waals surface area contributed by atoms with Crippen molar-refractivity contribution < 1.29 is 18.7 Å². The second kappa shape index (κ2) is 6.27. The van der Waals surface area contributed by atoms with Gasteiger partial charge in [-0.1, -0.05) is 0 Å². The quantitative estimate of drug-likeness (QED) is 0.679.